The van der Waals surface area contributed by atoms with Crippen molar-refractivity contribution in [2.75, 3.05) is 10.6 Å². The Morgan fingerprint density at radius 2 is 1.73 bits per heavy atom. The number of aromatic nitrogens is 3. The predicted octanol–water partition coefficient (Wildman–Crippen LogP) is 4.76. The Hall–Kier alpha value is -3.15. The number of hydrogen-bond donors (Lipinski definition) is 2. The van der Waals surface area contributed by atoms with Gasteiger partial charge >= 0.3 is 0 Å². The number of ether oxygens (including phenoxy) is 1. The number of benzene rings is 2. The molecule has 6 nitrogen and oxygen atoms in total. The van der Waals surface area contributed by atoms with Crippen LogP contribution in [0.5, 0.6) is 5.75 Å². The van der Waals surface area contributed by atoms with Crippen molar-refractivity contribution in [2.45, 2.75) is 33.8 Å². The number of nitrogens with zero attached hydrogens (tertiary/aromatic N) is 3. The largest absolute Gasteiger partial charge is 0.491 e. The van der Waals surface area contributed by atoms with Crippen molar-refractivity contribution in [1.82, 2.24) is 15.2 Å². The molecule has 26 heavy (non-hydrogen) atoms. The first-order valence-corrected chi connectivity index (χ1v) is 8.57. The third kappa shape index (κ3) is 4.69. The molecule has 0 saturated carbocycles. The van der Waals surface area contributed by atoms with Gasteiger partial charge in [0.2, 0.25) is 5.95 Å². The third-order valence-electron chi connectivity index (χ3n) is 3.70. The van der Waals surface area contributed by atoms with Crippen LogP contribution in [0, 0.1) is 13.8 Å². The summed E-state index contributed by atoms with van der Waals surface area (Å²) in [5.74, 6) is 1.89. The van der Waals surface area contributed by atoms with E-state index >= 15 is 0 Å². The van der Waals surface area contributed by atoms with Gasteiger partial charge in [-0.3, -0.25) is 0 Å². The van der Waals surface area contributed by atoms with Gasteiger partial charge < -0.3 is 15.4 Å². The fourth-order valence-electron chi connectivity index (χ4n) is 2.44. The average Bonchev–Trinajstić information content (AvgIpc) is 2.60. The molecule has 0 aliphatic heterocycles. The average molecular weight is 349 g/mol. The van der Waals surface area contributed by atoms with Gasteiger partial charge in [0, 0.05) is 11.4 Å². The van der Waals surface area contributed by atoms with Crippen LogP contribution in [0.2, 0.25) is 0 Å². The van der Waals surface area contributed by atoms with E-state index in [-0.39, 0.29) is 6.10 Å². The van der Waals surface area contributed by atoms with Crippen molar-refractivity contribution in [3.63, 3.8) is 0 Å². The first-order chi connectivity index (χ1) is 12.5. The van der Waals surface area contributed by atoms with Gasteiger partial charge in [-0.15, -0.1) is 5.10 Å². The molecular formula is C20H23N5O. The number of aryl methyl sites for hydroxylation is 2. The molecule has 0 bridgehead atoms. The van der Waals surface area contributed by atoms with Gasteiger partial charge in [-0.25, -0.2) is 0 Å². The van der Waals surface area contributed by atoms with Gasteiger partial charge in [0.25, 0.3) is 0 Å². The molecule has 0 fully saturated rings. The highest BCUT2D eigenvalue weighted by molar-refractivity contribution is 5.62. The van der Waals surface area contributed by atoms with E-state index in [2.05, 4.69) is 57.9 Å². The fraction of sp³-hybridized carbons (Fsp3) is 0.250. The Morgan fingerprint density at radius 1 is 0.962 bits per heavy atom. The van der Waals surface area contributed by atoms with Crippen molar-refractivity contribution >= 4 is 23.1 Å². The standard InChI is InChI=1S/C20H23N5O/c1-13(2)26-17-9-7-16(8-10-17)22-20-24-19(12-21-25-20)23-18-11-14(3)5-6-15(18)4/h5-13H,1-4H3,(H2,22,23,24,25). The second-order valence-electron chi connectivity index (χ2n) is 6.42. The number of anilines is 4. The highest BCUT2D eigenvalue weighted by atomic mass is 16.5. The normalized spacial score (nSPS) is 10.7. The van der Waals surface area contributed by atoms with Crippen LogP contribution in [0.3, 0.4) is 0 Å². The topological polar surface area (TPSA) is 72.0 Å². The monoisotopic (exact) mass is 349 g/mol. The maximum atomic E-state index is 5.64. The molecule has 2 aromatic carbocycles. The molecule has 0 aliphatic rings. The predicted molar refractivity (Wildman–Crippen MR) is 105 cm³/mol. The van der Waals surface area contributed by atoms with Crippen molar-refractivity contribution in [3.05, 3.63) is 59.8 Å². The van der Waals surface area contributed by atoms with Crippen LogP contribution < -0.4 is 15.4 Å². The molecule has 6 heteroatoms. The van der Waals surface area contributed by atoms with Crippen molar-refractivity contribution in [1.29, 1.82) is 0 Å². The fourth-order valence-corrected chi connectivity index (χ4v) is 2.44. The van der Waals surface area contributed by atoms with E-state index < -0.39 is 0 Å². The lowest BCUT2D eigenvalue weighted by molar-refractivity contribution is 0.242. The first-order valence-electron chi connectivity index (χ1n) is 8.57. The highest BCUT2D eigenvalue weighted by Crippen LogP contribution is 2.22. The zero-order chi connectivity index (χ0) is 18.5. The summed E-state index contributed by atoms with van der Waals surface area (Å²) < 4.78 is 5.64. The second-order valence-corrected chi connectivity index (χ2v) is 6.42. The molecule has 134 valence electrons. The third-order valence-corrected chi connectivity index (χ3v) is 3.70. The summed E-state index contributed by atoms with van der Waals surface area (Å²) >= 11 is 0. The lowest BCUT2D eigenvalue weighted by Crippen LogP contribution is -2.05. The highest BCUT2D eigenvalue weighted by Gasteiger charge is 2.05. The molecule has 0 atom stereocenters. The summed E-state index contributed by atoms with van der Waals surface area (Å²) in [7, 11) is 0. The molecule has 0 unspecified atom stereocenters. The summed E-state index contributed by atoms with van der Waals surface area (Å²) in [6.07, 6.45) is 1.75. The molecule has 0 radical (unpaired) electrons. The van der Waals surface area contributed by atoms with Crippen molar-refractivity contribution in [3.8, 4) is 5.75 Å². The summed E-state index contributed by atoms with van der Waals surface area (Å²) in [5, 5.41) is 14.5. The number of nitrogens with one attached hydrogen (secondary N) is 2. The second kappa shape index (κ2) is 7.82. The lowest BCUT2D eigenvalue weighted by atomic mass is 10.1. The molecule has 3 aromatic rings. The van der Waals surface area contributed by atoms with Crippen LogP contribution in [-0.2, 0) is 0 Å². The summed E-state index contributed by atoms with van der Waals surface area (Å²) in [6, 6.07) is 13.9. The van der Waals surface area contributed by atoms with E-state index in [0.717, 1.165) is 22.7 Å². The van der Waals surface area contributed by atoms with Crippen LogP contribution in [0.4, 0.5) is 23.1 Å². The van der Waals surface area contributed by atoms with Crippen LogP contribution in [-0.4, -0.2) is 21.3 Å². The maximum absolute atomic E-state index is 5.64. The molecule has 0 aliphatic carbocycles. The van der Waals surface area contributed by atoms with Crippen LogP contribution in [0.15, 0.2) is 48.7 Å². The Labute approximate surface area is 153 Å². The molecule has 1 aromatic heterocycles. The zero-order valence-electron chi connectivity index (χ0n) is 15.4. The molecule has 3 rings (SSSR count). The lowest BCUT2D eigenvalue weighted by Gasteiger charge is -2.12. The first kappa shape index (κ1) is 17.7. The molecule has 1 heterocycles. The van der Waals surface area contributed by atoms with E-state index in [4.69, 9.17) is 4.74 Å². The SMILES string of the molecule is Cc1ccc(C)c(Nc2cnnc(Nc3ccc(OC(C)C)cc3)n2)c1. The summed E-state index contributed by atoms with van der Waals surface area (Å²) in [6.45, 7) is 8.11. The Kier molecular flexibility index (Phi) is 5.31. The van der Waals surface area contributed by atoms with E-state index in [0.29, 0.717) is 11.8 Å². The van der Waals surface area contributed by atoms with Crippen LogP contribution in [0.25, 0.3) is 0 Å². The smallest absolute Gasteiger partial charge is 0.249 e. The van der Waals surface area contributed by atoms with E-state index in [1.165, 1.54) is 5.56 Å². The van der Waals surface area contributed by atoms with Gasteiger partial charge in [-0.2, -0.15) is 10.1 Å². The van der Waals surface area contributed by atoms with Gasteiger partial charge in [0.1, 0.15) is 5.75 Å². The maximum Gasteiger partial charge on any atom is 0.249 e. The van der Waals surface area contributed by atoms with Crippen molar-refractivity contribution < 1.29 is 4.74 Å². The van der Waals surface area contributed by atoms with Gasteiger partial charge in [0.05, 0.1) is 12.3 Å². The van der Waals surface area contributed by atoms with E-state index in [9.17, 15) is 0 Å². The minimum atomic E-state index is 0.147. The van der Waals surface area contributed by atoms with Gasteiger partial charge in [-0.1, -0.05) is 12.1 Å². The Balaban J connectivity index is 1.72. The minimum absolute atomic E-state index is 0.147. The molecule has 2 N–H and O–H groups in total. The Bertz CT molecular complexity index is 878. The summed E-state index contributed by atoms with van der Waals surface area (Å²) in [4.78, 5) is 4.48. The van der Waals surface area contributed by atoms with Crippen LogP contribution >= 0.6 is 0 Å². The molecular weight excluding hydrogens is 326 g/mol. The number of rotatable bonds is 6. The molecule has 0 saturated heterocycles. The van der Waals surface area contributed by atoms with E-state index in [1.54, 1.807) is 6.20 Å². The van der Waals surface area contributed by atoms with E-state index in [1.807, 2.05) is 38.1 Å². The number of hydrogen-bond acceptors (Lipinski definition) is 6. The van der Waals surface area contributed by atoms with Gasteiger partial charge in [0.15, 0.2) is 5.82 Å². The Morgan fingerprint density at radius 3 is 2.46 bits per heavy atom. The molecule has 0 spiro atoms. The molecule has 0 amide bonds. The van der Waals surface area contributed by atoms with Crippen molar-refractivity contribution in [2.24, 2.45) is 0 Å². The quantitative estimate of drug-likeness (QED) is 0.668. The van der Waals surface area contributed by atoms with Crippen LogP contribution in [0.1, 0.15) is 25.0 Å². The minimum Gasteiger partial charge on any atom is -0.491 e. The van der Waals surface area contributed by atoms with Gasteiger partial charge in [-0.05, 0) is 69.2 Å². The summed E-state index contributed by atoms with van der Waals surface area (Å²) in [5.41, 5.74) is 4.20. The zero-order valence-corrected chi connectivity index (χ0v) is 15.4.